The Morgan fingerprint density at radius 3 is 2.67 bits per heavy atom. The van der Waals surface area contributed by atoms with Gasteiger partial charge >= 0.3 is 6.09 Å². The van der Waals surface area contributed by atoms with Gasteiger partial charge in [-0.2, -0.15) is 0 Å². The maximum Gasteiger partial charge on any atom is 0.410 e. The van der Waals surface area contributed by atoms with Gasteiger partial charge < -0.3 is 14.7 Å². The first-order valence-electron chi connectivity index (χ1n) is 7.43. The fraction of sp³-hybridized carbons (Fsp3) is 0.625. The van der Waals surface area contributed by atoms with Crippen LogP contribution >= 0.6 is 0 Å². The first-order chi connectivity index (χ1) is 9.90. The summed E-state index contributed by atoms with van der Waals surface area (Å²) in [5.41, 5.74) is 1.39. The number of rotatable bonds is 2. The highest BCUT2D eigenvalue weighted by Gasteiger charge is 2.28. The summed E-state index contributed by atoms with van der Waals surface area (Å²) in [6.45, 7) is 6.95. The Morgan fingerprint density at radius 1 is 1.43 bits per heavy atom. The molecule has 0 radical (unpaired) electrons. The van der Waals surface area contributed by atoms with Gasteiger partial charge in [0.15, 0.2) is 0 Å². The molecule has 1 fully saturated rings. The van der Waals surface area contributed by atoms with Crippen molar-refractivity contribution in [2.24, 2.45) is 0 Å². The molecular weight excluding hydrogens is 268 g/mol. The van der Waals surface area contributed by atoms with Crippen molar-refractivity contribution in [2.45, 2.75) is 51.7 Å². The van der Waals surface area contributed by atoms with Crippen LogP contribution in [0.3, 0.4) is 0 Å². The van der Waals surface area contributed by atoms with Gasteiger partial charge in [-0.1, -0.05) is 6.07 Å². The fourth-order valence-electron chi connectivity index (χ4n) is 2.65. The first kappa shape index (κ1) is 15.8. The molecule has 116 valence electrons. The topological polar surface area (TPSA) is 62.7 Å². The van der Waals surface area contributed by atoms with Crippen molar-refractivity contribution in [3.8, 4) is 0 Å². The van der Waals surface area contributed by atoms with Gasteiger partial charge in [0.25, 0.3) is 0 Å². The van der Waals surface area contributed by atoms with E-state index in [9.17, 15) is 9.90 Å². The van der Waals surface area contributed by atoms with E-state index in [1.54, 1.807) is 11.1 Å². The van der Waals surface area contributed by atoms with E-state index in [2.05, 4.69) is 4.98 Å². The lowest BCUT2D eigenvalue weighted by atomic mass is 9.88. The normalized spacial score (nSPS) is 16.9. The fourth-order valence-corrected chi connectivity index (χ4v) is 2.65. The van der Waals surface area contributed by atoms with Crippen molar-refractivity contribution in [1.29, 1.82) is 0 Å². The van der Waals surface area contributed by atoms with Gasteiger partial charge in [0, 0.05) is 19.3 Å². The second-order valence-electron chi connectivity index (χ2n) is 6.44. The van der Waals surface area contributed by atoms with Gasteiger partial charge in [-0.25, -0.2) is 4.79 Å². The number of likely N-dealkylation sites (tertiary alicyclic amines) is 1. The molecular formula is C16H24N2O3. The van der Waals surface area contributed by atoms with Crippen LogP contribution in [0.2, 0.25) is 0 Å². The summed E-state index contributed by atoms with van der Waals surface area (Å²) < 4.78 is 5.40. The van der Waals surface area contributed by atoms with E-state index >= 15 is 0 Å². The maximum atomic E-state index is 12.0. The standard InChI is InChI=1S/C16H24N2O3/c1-16(2,3)21-15(20)18-9-6-12(7-10-18)13-5-4-8-17-14(13)11-19/h4-5,8,12,19H,6-7,9-11H2,1-3H3. The highest BCUT2D eigenvalue weighted by molar-refractivity contribution is 5.68. The highest BCUT2D eigenvalue weighted by atomic mass is 16.6. The molecule has 5 nitrogen and oxygen atoms in total. The average molecular weight is 292 g/mol. The predicted molar refractivity (Wildman–Crippen MR) is 79.9 cm³/mol. The molecule has 21 heavy (non-hydrogen) atoms. The van der Waals surface area contributed by atoms with Crippen LogP contribution in [0.15, 0.2) is 18.3 Å². The molecule has 0 atom stereocenters. The molecule has 1 N–H and O–H groups in total. The van der Waals surface area contributed by atoms with Crippen molar-refractivity contribution in [3.05, 3.63) is 29.6 Å². The van der Waals surface area contributed by atoms with Gasteiger partial charge in [0.1, 0.15) is 5.60 Å². The van der Waals surface area contributed by atoms with Crippen molar-refractivity contribution >= 4 is 6.09 Å². The third-order valence-electron chi connectivity index (χ3n) is 3.66. The number of ether oxygens (including phenoxy) is 1. The predicted octanol–water partition coefficient (Wildman–Crippen LogP) is 2.69. The zero-order chi connectivity index (χ0) is 15.5. The zero-order valence-corrected chi connectivity index (χ0v) is 13.0. The number of hydrogen-bond donors (Lipinski definition) is 1. The first-order valence-corrected chi connectivity index (χ1v) is 7.43. The Bertz CT molecular complexity index is 489. The minimum atomic E-state index is -0.457. The number of carbonyl (C=O) groups excluding carboxylic acids is 1. The van der Waals surface area contributed by atoms with Crippen LogP contribution in [-0.4, -0.2) is 39.8 Å². The number of aromatic nitrogens is 1. The van der Waals surface area contributed by atoms with Crippen LogP contribution in [0.25, 0.3) is 0 Å². The monoisotopic (exact) mass is 292 g/mol. The zero-order valence-electron chi connectivity index (χ0n) is 13.0. The van der Waals surface area contributed by atoms with Gasteiger partial charge in [-0.15, -0.1) is 0 Å². The molecule has 1 saturated heterocycles. The molecule has 2 rings (SSSR count). The Morgan fingerprint density at radius 2 is 2.10 bits per heavy atom. The molecule has 1 amide bonds. The van der Waals surface area contributed by atoms with Gasteiger partial charge in [-0.3, -0.25) is 4.98 Å². The maximum absolute atomic E-state index is 12.0. The van der Waals surface area contributed by atoms with Crippen molar-refractivity contribution in [1.82, 2.24) is 9.88 Å². The summed E-state index contributed by atoms with van der Waals surface area (Å²) >= 11 is 0. The largest absolute Gasteiger partial charge is 0.444 e. The van der Waals surface area contributed by atoms with Gasteiger partial charge in [0.05, 0.1) is 12.3 Å². The Hall–Kier alpha value is -1.62. The molecule has 1 aliphatic heterocycles. The van der Waals surface area contributed by atoms with E-state index in [1.807, 2.05) is 32.9 Å². The third kappa shape index (κ3) is 4.17. The molecule has 0 aliphatic carbocycles. The molecule has 1 aromatic heterocycles. The van der Waals surface area contributed by atoms with Crippen LogP contribution in [0.4, 0.5) is 4.79 Å². The smallest absolute Gasteiger partial charge is 0.410 e. The third-order valence-corrected chi connectivity index (χ3v) is 3.66. The number of pyridine rings is 1. The Kier molecular flexibility index (Phi) is 4.83. The number of nitrogens with zero attached hydrogens (tertiary/aromatic N) is 2. The Balaban J connectivity index is 1.96. The second-order valence-corrected chi connectivity index (χ2v) is 6.44. The summed E-state index contributed by atoms with van der Waals surface area (Å²) in [5.74, 6) is 0.347. The summed E-state index contributed by atoms with van der Waals surface area (Å²) in [7, 11) is 0. The van der Waals surface area contributed by atoms with E-state index < -0.39 is 5.60 Å². The number of carbonyl (C=O) groups is 1. The van der Waals surface area contributed by atoms with Crippen LogP contribution in [0, 0.1) is 0 Å². The van der Waals surface area contributed by atoms with Crippen LogP contribution in [0.5, 0.6) is 0 Å². The summed E-state index contributed by atoms with van der Waals surface area (Å²) in [6, 6.07) is 3.92. The van der Waals surface area contributed by atoms with E-state index in [0.29, 0.717) is 19.0 Å². The molecule has 0 unspecified atom stereocenters. The van der Waals surface area contributed by atoms with E-state index in [0.717, 1.165) is 24.1 Å². The number of aliphatic hydroxyl groups is 1. The van der Waals surface area contributed by atoms with Crippen molar-refractivity contribution < 1.29 is 14.6 Å². The van der Waals surface area contributed by atoms with Crippen molar-refractivity contribution in [2.75, 3.05) is 13.1 Å². The molecule has 1 aromatic rings. The minimum absolute atomic E-state index is 0.0392. The quantitative estimate of drug-likeness (QED) is 0.910. The van der Waals surface area contributed by atoms with Gasteiger partial charge in [-0.05, 0) is 51.2 Å². The molecule has 0 spiro atoms. The highest BCUT2D eigenvalue weighted by Crippen LogP contribution is 2.30. The minimum Gasteiger partial charge on any atom is -0.444 e. The van der Waals surface area contributed by atoms with Crippen LogP contribution in [0.1, 0.15) is 50.8 Å². The van der Waals surface area contributed by atoms with E-state index in [-0.39, 0.29) is 12.7 Å². The SMILES string of the molecule is CC(C)(C)OC(=O)N1CCC(c2cccnc2CO)CC1. The lowest BCUT2D eigenvalue weighted by Crippen LogP contribution is -2.41. The van der Waals surface area contributed by atoms with Crippen LogP contribution < -0.4 is 0 Å². The molecule has 1 aliphatic rings. The lowest BCUT2D eigenvalue weighted by Gasteiger charge is -2.34. The second kappa shape index (κ2) is 6.43. The molecule has 0 saturated carbocycles. The average Bonchev–Trinajstić information content (AvgIpc) is 2.45. The molecule has 5 heteroatoms. The van der Waals surface area contributed by atoms with Crippen molar-refractivity contribution in [3.63, 3.8) is 0 Å². The number of hydrogen-bond acceptors (Lipinski definition) is 4. The van der Waals surface area contributed by atoms with E-state index in [1.165, 1.54) is 0 Å². The van der Waals surface area contributed by atoms with Crippen LogP contribution in [-0.2, 0) is 11.3 Å². The molecule has 2 heterocycles. The van der Waals surface area contributed by atoms with Gasteiger partial charge in [0.2, 0.25) is 0 Å². The number of piperidine rings is 1. The molecule has 0 aromatic carbocycles. The summed E-state index contributed by atoms with van der Waals surface area (Å²) in [5, 5.41) is 9.37. The Labute approximate surface area is 125 Å². The van der Waals surface area contributed by atoms with E-state index in [4.69, 9.17) is 4.74 Å². The summed E-state index contributed by atoms with van der Waals surface area (Å²) in [6.07, 6.45) is 3.20. The number of amides is 1. The number of aliphatic hydroxyl groups excluding tert-OH is 1. The molecule has 0 bridgehead atoms. The lowest BCUT2D eigenvalue weighted by molar-refractivity contribution is 0.0204. The summed E-state index contributed by atoms with van der Waals surface area (Å²) in [4.78, 5) is 18.0.